The van der Waals surface area contributed by atoms with Crippen LogP contribution in [-0.4, -0.2) is 77.2 Å². The van der Waals surface area contributed by atoms with E-state index in [0.29, 0.717) is 4.91 Å². The number of nitrogens with zero attached hydrogens (tertiary/aromatic N) is 7. The maximum Gasteiger partial charge on any atom is 0.353 e. The van der Waals surface area contributed by atoms with Gasteiger partial charge in [-0.15, -0.1) is 16.4 Å². The van der Waals surface area contributed by atoms with Crippen LogP contribution < -0.4 is 11.1 Å². The number of thioether (sulfide) groups is 1. The molecule has 1 saturated heterocycles. The number of amides is 2. The van der Waals surface area contributed by atoms with Crippen molar-refractivity contribution in [3.05, 3.63) is 34.1 Å². The van der Waals surface area contributed by atoms with Crippen LogP contribution in [0, 0.1) is 0 Å². The van der Waals surface area contributed by atoms with Crippen molar-refractivity contribution in [1.82, 2.24) is 35.4 Å². The molecule has 0 bridgehead atoms. The molecule has 0 saturated carbocycles. The third kappa shape index (κ3) is 3.38. The van der Waals surface area contributed by atoms with E-state index in [2.05, 4.69) is 37.6 Å². The van der Waals surface area contributed by atoms with Crippen LogP contribution in [0.25, 0.3) is 5.57 Å². The van der Waals surface area contributed by atoms with E-state index in [-0.39, 0.29) is 33.6 Å². The second-order valence-corrected chi connectivity index (χ2v) is 8.54. The first-order chi connectivity index (χ1) is 15.2. The molecule has 4 heterocycles. The number of aromatic nitrogens is 5. The maximum atomic E-state index is 12.9. The molecule has 16 heteroatoms. The molecule has 0 aliphatic carbocycles. The lowest BCUT2D eigenvalue weighted by atomic mass is 10.0. The van der Waals surface area contributed by atoms with E-state index in [1.807, 2.05) is 0 Å². The number of carbonyl (C=O) groups excluding carboxylic acids is 2. The first kappa shape index (κ1) is 21.4. The lowest BCUT2D eigenvalue weighted by Crippen LogP contribution is -2.70. The summed E-state index contributed by atoms with van der Waals surface area (Å²) in [5.74, 6) is -2.56. The van der Waals surface area contributed by atoms with Gasteiger partial charge in [-0.3, -0.25) is 14.5 Å². The summed E-state index contributed by atoms with van der Waals surface area (Å²) in [5, 5.41) is 28.1. The van der Waals surface area contributed by atoms with E-state index < -0.39 is 29.2 Å². The Bertz CT molecular complexity index is 1220. The maximum absolute atomic E-state index is 12.9. The van der Waals surface area contributed by atoms with Gasteiger partial charge in [-0.1, -0.05) is 23.5 Å². The topological polar surface area (TPSA) is 191 Å². The summed E-state index contributed by atoms with van der Waals surface area (Å²) >= 11 is 2.22. The number of nitrogens with one attached hydrogen (secondary N) is 1. The van der Waals surface area contributed by atoms with E-state index >= 15 is 0 Å². The highest BCUT2D eigenvalue weighted by molar-refractivity contribution is 8.04. The highest BCUT2D eigenvalue weighted by Crippen LogP contribution is 2.48. The molecule has 0 aromatic carbocycles. The van der Waals surface area contributed by atoms with Crippen LogP contribution in [0.4, 0.5) is 5.13 Å². The number of nitrogen functional groups attached to an aromatic ring is 1. The quantitative estimate of drug-likeness (QED) is 0.263. The Morgan fingerprint density at radius 3 is 2.75 bits per heavy atom. The molecule has 166 valence electrons. The lowest BCUT2D eigenvalue weighted by molar-refractivity contribution is -0.149. The molecular formula is C16H15N9O5S2. The van der Waals surface area contributed by atoms with Crippen molar-refractivity contribution >= 4 is 57.3 Å². The van der Waals surface area contributed by atoms with Gasteiger partial charge in [0.05, 0.1) is 5.57 Å². The van der Waals surface area contributed by atoms with Crippen molar-refractivity contribution in [2.45, 2.75) is 11.4 Å². The summed E-state index contributed by atoms with van der Waals surface area (Å²) in [4.78, 5) is 47.9. The molecule has 1 fully saturated rings. The minimum absolute atomic E-state index is 0.129. The molecule has 2 atom stereocenters. The second-order valence-electron chi connectivity index (χ2n) is 6.44. The number of rotatable bonds is 6. The lowest BCUT2D eigenvalue weighted by Gasteiger charge is -2.49. The number of aliphatic carboxylic acids is 1. The number of carboxylic acids is 1. The van der Waals surface area contributed by atoms with Gasteiger partial charge in [0.1, 0.15) is 29.9 Å². The van der Waals surface area contributed by atoms with Gasteiger partial charge < -0.3 is 21.0 Å². The van der Waals surface area contributed by atoms with E-state index in [9.17, 15) is 19.5 Å². The number of oxime groups is 1. The second kappa shape index (κ2) is 8.04. The third-order valence-electron chi connectivity index (χ3n) is 4.56. The molecule has 2 aliphatic rings. The molecule has 2 unspecified atom stereocenters. The predicted octanol–water partition coefficient (Wildman–Crippen LogP) is -0.991. The highest BCUT2D eigenvalue weighted by Gasteiger charge is 2.56. The number of carbonyl (C=O) groups is 3. The van der Waals surface area contributed by atoms with Crippen LogP contribution in [0.1, 0.15) is 11.5 Å². The van der Waals surface area contributed by atoms with Crippen LogP contribution in [0.15, 0.2) is 27.7 Å². The number of fused-ring (bicyclic) bond motifs is 1. The summed E-state index contributed by atoms with van der Waals surface area (Å²) in [5.41, 5.74) is 5.43. The Morgan fingerprint density at radius 2 is 2.19 bits per heavy atom. The number of allylic oxidation sites excluding steroid dienone is 1. The Balaban J connectivity index is 1.63. The van der Waals surface area contributed by atoms with Crippen LogP contribution in [0.2, 0.25) is 0 Å². The van der Waals surface area contributed by atoms with Crippen LogP contribution >= 0.6 is 23.1 Å². The Hall–Kier alpha value is -3.79. The summed E-state index contributed by atoms with van der Waals surface area (Å²) in [6.45, 7) is 3.91. The molecular weight excluding hydrogens is 462 g/mol. The molecule has 2 aromatic rings. The van der Waals surface area contributed by atoms with Gasteiger partial charge in [0.15, 0.2) is 16.7 Å². The molecule has 14 nitrogen and oxygen atoms in total. The third-order valence-corrected chi connectivity index (χ3v) is 6.44. The fourth-order valence-electron chi connectivity index (χ4n) is 3.20. The van der Waals surface area contributed by atoms with Gasteiger partial charge in [0, 0.05) is 17.3 Å². The minimum Gasteiger partial charge on any atom is -0.477 e. The number of β-lactam (4-membered cyclic amide) rings is 1. The number of nitrogens with two attached hydrogens (primary N) is 1. The van der Waals surface area contributed by atoms with Gasteiger partial charge in [-0.25, -0.2) is 14.5 Å². The van der Waals surface area contributed by atoms with Crippen molar-refractivity contribution in [2.24, 2.45) is 12.2 Å². The molecule has 32 heavy (non-hydrogen) atoms. The van der Waals surface area contributed by atoms with Crippen molar-refractivity contribution in [3.63, 3.8) is 0 Å². The normalized spacial score (nSPS) is 20.7. The summed E-state index contributed by atoms with van der Waals surface area (Å²) in [7, 11) is 2.79. The molecule has 2 amide bonds. The number of tetrazole rings is 1. The van der Waals surface area contributed by atoms with Gasteiger partial charge in [-0.05, 0) is 10.4 Å². The smallest absolute Gasteiger partial charge is 0.353 e. The van der Waals surface area contributed by atoms with Crippen LogP contribution in [0.3, 0.4) is 0 Å². The van der Waals surface area contributed by atoms with E-state index in [4.69, 9.17) is 10.6 Å². The molecule has 4 rings (SSSR count). The zero-order chi connectivity index (χ0) is 23.2. The number of thiazole rings is 1. The average Bonchev–Trinajstić information content (AvgIpc) is 3.37. The van der Waals surface area contributed by atoms with E-state index in [0.717, 1.165) is 28.0 Å². The first-order valence-electron chi connectivity index (χ1n) is 8.77. The van der Waals surface area contributed by atoms with Crippen molar-refractivity contribution in [3.8, 4) is 0 Å². The van der Waals surface area contributed by atoms with E-state index in [1.165, 1.54) is 24.2 Å². The highest BCUT2D eigenvalue weighted by atomic mass is 32.2. The molecule has 2 aromatic heterocycles. The Labute approximate surface area is 187 Å². The number of aryl methyl sites for hydroxylation is 1. The van der Waals surface area contributed by atoms with Gasteiger partial charge in [0.2, 0.25) is 0 Å². The fraction of sp³-hybridized carbons (Fsp3) is 0.250. The predicted molar refractivity (Wildman–Crippen MR) is 113 cm³/mol. The van der Waals surface area contributed by atoms with Crippen molar-refractivity contribution in [2.75, 3.05) is 12.8 Å². The minimum atomic E-state index is -1.35. The zero-order valence-corrected chi connectivity index (χ0v) is 18.2. The number of hydrogen-bond donors (Lipinski definition) is 3. The summed E-state index contributed by atoms with van der Waals surface area (Å²) < 4.78 is 1.28. The monoisotopic (exact) mass is 477 g/mol. The largest absolute Gasteiger partial charge is 0.477 e. The van der Waals surface area contributed by atoms with Crippen molar-refractivity contribution in [1.29, 1.82) is 0 Å². The summed E-state index contributed by atoms with van der Waals surface area (Å²) in [6, 6.07) is -1.03. The van der Waals surface area contributed by atoms with E-state index in [1.54, 1.807) is 0 Å². The van der Waals surface area contributed by atoms with Gasteiger partial charge >= 0.3 is 5.97 Å². The first-order valence-corrected chi connectivity index (χ1v) is 10.5. The zero-order valence-electron chi connectivity index (χ0n) is 16.5. The van der Waals surface area contributed by atoms with Crippen LogP contribution in [-0.2, 0) is 26.3 Å². The standard InChI is InChI=1S/C16H15N9O5S2/c1-5-7(11-20-22-23-24(11)2)10(15(28)29)25-13(27)9(14(25)32-5)19-12(26)8(21-30-3)6-4-31-16(17)18-6/h4,9,14H,1H2,2-3H3,(H2,17,18)(H,19,26)(H,28,29)/b21-8-. The number of carboxylic acid groups (broad SMARTS) is 1. The Kier molecular flexibility index (Phi) is 5.39. The Morgan fingerprint density at radius 1 is 1.44 bits per heavy atom. The molecule has 0 spiro atoms. The summed E-state index contributed by atoms with van der Waals surface area (Å²) in [6.07, 6.45) is 0. The SMILES string of the molecule is C=C1SC2C(NC(=O)/C(=N\OC)c3csc(N)n3)C(=O)N2C(C(=O)O)=C1c1nnnn1C. The molecule has 2 aliphatic heterocycles. The number of anilines is 1. The average molecular weight is 477 g/mol. The fourth-order valence-corrected chi connectivity index (χ4v) is 4.98. The number of hydrogen-bond acceptors (Lipinski definition) is 12. The molecule has 0 radical (unpaired) electrons. The van der Waals surface area contributed by atoms with Gasteiger partial charge in [0.25, 0.3) is 11.8 Å². The van der Waals surface area contributed by atoms with Crippen LogP contribution in [0.5, 0.6) is 0 Å². The van der Waals surface area contributed by atoms with Crippen molar-refractivity contribution < 1.29 is 24.3 Å². The van der Waals surface area contributed by atoms with Gasteiger partial charge in [-0.2, -0.15) is 0 Å². The molecule has 4 N–H and O–H groups in total.